The maximum atomic E-state index is 11.6. The highest BCUT2D eigenvalue weighted by Gasteiger charge is 2.33. The SMILES string of the molecule is CN(C)C(=O)COCC1CN(c2ccnc(C#N)c2)CC(C)(C)O1. The Kier molecular flexibility index (Phi) is 5.75. The molecule has 130 valence electrons. The van der Waals surface area contributed by atoms with Crippen molar-refractivity contribution in [1.82, 2.24) is 9.88 Å². The van der Waals surface area contributed by atoms with E-state index in [1.165, 1.54) is 4.90 Å². The molecule has 0 radical (unpaired) electrons. The van der Waals surface area contributed by atoms with Gasteiger partial charge in [-0.1, -0.05) is 0 Å². The van der Waals surface area contributed by atoms with Gasteiger partial charge >= 0.3 is 0 Å². The van der Waals surface area contributed by atoms with Crippen LogP contribution in [0.3, 0.4) is 0 Å². The van der Waals surface area contributed by atoms with Crippen LogP contribution in [0.15, 0.2) is 18.3 Å². The largest absolute Gasteiger partial charge is 0.369 e. The van der Waals surface area contributed by atoms with Crippen LogP contribution in [0.1, 0.15) is 19.5 Å². The first kappa shape index (κ1) is 18.2. The molecule has 1 fully saturated rings. The molecule has 7 nitrogen and oxygen atoms in total. The van der Waals surface area contributed by atoms with Crippen LogP contribution in [0.5, 0.6) is 0 Å². The predicted octanol–water partition coefficient (Wildman–Crippen LogP) is 1.04. The number of carbonyl (C=O) groups is 1. The summed E-state index contributed by atoms with van der Waals surface area (Å²) in [6.07, 6.45) is 1.49. The van der Waals surface area contributed by atoms with Crippen molar-refractivity contribution in [3.8, 4) is 6.07 Å². The Morgan fingerprint density at radius 2 is 2.33 bits per heavy atom. The standard InChI is InChI=1S/C17H24N4O3/c1-17(2)12-21(14-5-6-19-13(7-14)8-18)9-15(24-17)10-23-11-16(22)20(3)4/h5-7,15H,9-12H2,1-4H3. The number of hydrogen-bond acceptors (Lipinski definition) is 6. The quantitative estimate of drug-likeness (QED) is 0.802. The molecule has 0 aromatic carbocycles. The van der Waals surface area contributed by atoms with Gasteiger partial charge in [0.05, 0.1) is 18.3 Å². The molecule has 1 aliphatic rings. The number of pyridine rings is 1. The summed E-state index contributed by atoms with van der Waals surface area (Å²) < 4.78 is 11.6. The van der Waals surface area contributed by atoms with Gasteiger partial charge in [0.25, 0.3) is 0 Å². The number of amides is 1. The zero-order chi connectivity index (χ0) is 17.7. The van der Waals surface area contributed by atoms with Crippen LogP contribution in [-0.2, 0) is 14.3 Å². The third kappa shape index (κ3) is 4.91. The number of nitrogens with zero attached hydrogens (tertiary/aromatic N) is 4. The van der Waals surface area contributed by atoms with Crippen molar-refractivity contribution < 1.29 is 14.3 Å². The summed E-state index contributed by atoms with van der Waals surface area (Å²) in [5.74, 6) is -0.0743. The summed E-state index contributed by atoms with van der Waals surface area (Å²) in [5, 5.41) is 9.02. The van der Waals surface area contributed by atoms with Crippen molar-refractivity contribution in [3.05, 3.63) is 24.0 Å². The van der Waals surface area contributed by atoms with E-state index in [9.17, 15) is 4.79 Å². The fraction of sp³-hybridized carbons (Fsp3) is 0.588. The minimum Gasteiger partial charge on any atom is -0.369 e. The molecule has 1 atom stereocenters. The van der Waals surface area contributed by atoms with Gasteiger partial charge in [0.15, 0.2) is 0 Å². The van der Waals surface area contributed by atoms with Crippen molar-refractivity contribution in [2.45, 2.75) is 25.6 Å². The molecule has 0 spiro atoms. The van der Waals surface area contributed by atoms with Crippen molar-refractivity contribution >= 4 is 11.6 Å². The molecule has 24 heavy (non-hydrogen) atoms. The number of anilines is 1. The maximum Gasteiger partial charge on any atom is 0.248 e. The molecule has 0 bridgehead atoms. The van der Waals surface area contributed by atoms with E-state index < -0.39 is 0 Å². The third-order valence-electron chi connectivity index (χ3n) is 3.73. The van der Waals surface area contributed by atoms with Crippen LogP contribution < -0.4 is 4.90 Å². The van der Waals surface area contributed by atoms with Gasteiger partial charge in [-0.3, -0.25) is 4.79 Å². The van der Waals surface area contributed by atoms with E-state index >= 15 is 0 Å². The van der Waals surface area contributed by atoms with Crippen LogP contribution in [0.4, 0.5) is 5.69 Å². The van der Waals surface area contributed by atoms with Crippen molar-refractivity contribution in [2.75, 3.05) is 45.3 Å². The molecule has 1 aromatic rings. The molecule has 1 unspecified atom stereocenters. The average molecular weight is 332 g/mol. The number of likely N-dealkylation sites (N-methyl/N-ethyl adjacent to an activating group) is 1. The van der Waals surface area contributed by atoms with Crippen molar-refractivity contribution in [1.29, 1.82) is 5.26 Å². The van der Waals surface area contributed by atoms with E-state index in [2.05, 4.69) is 16.0 Å². The first-order valence-electron chi connectivity index (χ1n) is 7.87. The lowest BCUT2D eigenvalue weighted by atomic mass is 10.0. The van der Waals surface area contributed by atoms with Gasteiger partial charge in [0, 0.05) is 39.1 Å². The topological polar surface area (TPSA) is 78.7 Å². The number of aromatic nitrogens is 1. The number of rotatable bonds is 5. The third-order valence-corrected chi connectivity index (χ3v) is 3.73. The number of ether oxygens (including phenoxy) is 2. The Balaban J connectivity index is 2.01. The fourth-order valence-corrected chi connectivity index (χ4v) is 2.66. The minimum absolute atomic E-state index is 0.0428. The van der Waals surface area contributed by atoms with Crippen LogP contribution in [0.25, 0.3) is 0 Å². The lowest BCUT2D eigenvalue weighted by molar-refractivity contribution is -0.139. The maximum absolute atomic E-state index is 11.6. The summed E-state index contributed by atoms with van der Waals surface area (Å²) >= 11 is 0. The molecule has 1 amide bonds. The second kappa shape index (κ2) is 7.60. The lowest BCUT2D eigenvalue weighted by Crippen LogP contribution is -2.54. The fourth-order valence-electron chi connectivity index (χ4n) is 2.66. The predicted molar refractivity (Wildman–Crippen MR) is 89.6 cm³/mol. The van der Waals surface area contributed by atoms with Gasteiger partial charge in [0.1, 0.15) is 18.4 Å². The number of carbonyl (C=O) groups excluding carboxylic acids is 1. The second-order valence-electron chi connectivity index (χ2n) is 6.69. The zero-order valence-electron chi connectivity index (χ0n) is 14.7. The van der Waals surface area contributed by atoms with E-state index in [4.69, 9.17) is 14.7 Å². The molecule has 1 saturated heterocycles. The second-order valence-corrected chi connectivity index (χ2v) is 6.69. The monoisotopic (exact) mass is 332 g/mol. The Morgan fingerprint density at radius 3 is 3.00 bits per heavy atom. The van der Waals surface area contributed by atoms with Gasteiger partial charge in [-0.05, 0) is 26.0 Å². The highest BCUT2D eigenvalue weighted by Crippen LogP contribution is 2.26. The summed E-state index contributed by atoms with van der Waals surface area (Å²) in [5.41, 5.74) is 0.974. The molecule has 1 aromatic heterocycles. The minimum atomic E-state index is -0.353. The van der Waals surface area contributed by atoms with Gasteiger partial charge in [-0.25, -0.2) is 4.98 Å². The van der Waals surface area contributed by atoms with Crippen LogP contribution >= 0.6 is 0 Å². The molecule has 0 N–H and O–H groups in total. The van der Waals surface area contributed by atoms with Gasteiger partial charge in [-0.15, -0.1) is 0 Å². The lowest BCUT2D eigenvalue weighted by Gasteiger charge is -2.43. The number of nitriles is 1. The van der Waals surface area contributed by atoms with E-state index in [1.54, 1.807) is 26.4 Å². The van der Waals surface area contributed by atoms with E-state index in [0.717, 1.165) is 5.69 Å². The summed E-state index contributed by atoms with van der Waals surface area (Å²) in [7, 11) is 3.40. The number of morpholine rings is 1. The highest BCUT2D eigenvalue weighted by molar-refractivity contribution is 5.76. The molecular formula is C17H24N4O3. The Morgan fingerprint density at radius 1 is 1.58 bits per heavy atom. The molecule has 1 aliphatic heterocycles. The highest BCUT2D eigenvalue weighted by atomic mass is 16.5. The number of hydrogen-bond donors (Lipinski definition) is 0. The van der Waals surface area contributed by atoms with Gasteiger partial charge in [-0.2, -0.15) is 5.26 Å². The van der Waals surface area contributed by atoms with E-state index in [0.29, 0.717) is 25.4 Å². The van der Waals surface area contributed by atoms with Crippen LogP contribution in [0.2, 0.25) is 0 Å². The zero-order valence-corrected chi connectivity index (χ0v) is 14.7. The Labute approximate surface area is 142 Å². The Bertz CT molecular complexity index is 625. The molecule has 0 saturated carbocycles. The summed E-state index contributed by atoms with van der Waals surface area (Å²) in [4.78, 5) is 19.2. The molecule has 2 heterocycles. The first-order valence-corrected chi connectivity index (χ1v) is 7.87. The first-order chi connectivity index (χ1) is 11.3. The smallest absolute Gasteiger partial charge is 0.248 e. The van der Waals surface area contributed by atoms with Crippen LogP contribution in [-0.4, -0.2) is 67.9 Å². The van der Waals surface area contributed by atoms with E-state index in [1.807, 2.05) is 19.9 Å². The molecule has 0 aliphatic carbocycles. The van der Waals surface area contributed by atoms with Gasteiger partial charge in [0.2, 0.25) is 5.91 Å². The summed E-state index contributed by atoms with van der Waals surface area (Å²) in [6, 6.07) is 5.72. The van der Waals surface area contributed by atoms with Crippen LogP contribution in [0, 0.1) is 11.3 Å². The van der Waals surface area contributed by atoms with Crippen molar-refractivity contribution in [3.63, 3.8) is 0 Å². The van der Waals surface area contributed by atoms with Crippen molar-refractivity contribution in [2.24, 2.45) is 0 Å². The summed E-state index contributed by atoms with van der Waals surface area (Å²) in [6.45, 7) is 5.76. The average Bonchev–Trinajstić information content (AvgIpc) is 2.53. The van der Waals surface area contributed by atoms with Gasteiger partial charge < -0.3 is 19.3 Å². The normalized spacial score (nSPS) is 19.6. The molecular weight excluding hydrogens is 308 g/mol. The molecule has 2 rings (SSSR count). The van der Waals surface area contributed by atoms with E-state index in [-0.39, 0.29) is 24.2 Å². The Hall–Kier alpha value is -2.17. The molecule has 7 heteroatoms.